The Bertz CT molecular complexity index is 1020. The summed E-state index contributed by atoms with van der Waals surface area (Å²) in [6.07, 6.45) is -4.33. The van der Waals surface area contributed by atoms with Gasteiger partial charge in [0, 0.05) is 7.05 Å². The minimum atomic E-state index is -4.86. The summed E-state index contributed by atoms with van der Waals surface area (Å²) in [6.45, 7) is 5.03. The molecule has 0 aliphatic rings. The van der Waals surface area contributed by atoms with E-state index in [1.807, 2.05) is 0 Å². The lowest BCUT2D eigenvalue weighted by Crippen LogP contribution is -2.18. The maximum absolute atomic E-state index is 13.0. The molecular formula is C18H19ClF3N3O5S. The first-order valence-corrected chi connectivity index (χ1v) is 10.2. The Kier molecular flexibility index (Phi) is 7.71. The van der Waals surface area contributed by atoms with Gasteiger partial charge in [0.1, 0.15) is 20.6 Å². The van der Waals surface area contributed by atoms with Gasteiger partial charge in [-0.1, -0.05) is 18.5 Å². The second-order valence-electron chi connectivity index (χ2n) is 6.20. The van der Waals surface area contributed by atoms with Crippen molar-refractivity contribution in [3.05, 3.63) is 32.4 Å². The molecule has 0 saturated heterocycles. The van der Waals surface area contributed by atoms with E-state index in [9.17, 15) is 27.6 Å². The number of hydrogen-bond acceptors (Lipinski definition) is 7. The average Bonchev–Trinajstić information content (AvgIpc) is 3.15. The molecule has 13 heteroatoms. The van der Waals surface area contributed by atoms with Crippen LogP contribution in [0.2, 0.25) is 5.02 Å². The van der Waals surface area contributed by atoms with E-state index in [4.69, 9.17) is 21.1 Å². The summed E-state index contributed by atoms with van der Waals surface area (Å²) in [5.74, 6) is -2.56. The molecule has 1 amide bonds. The van der Waals surface area contributed by atoms with Gasteiger partial charge < -0.3 is 14.8 Å². The Morgan fingerprint density at radius 3 is 2.35 bits per heavy atom. The van der Waals surface area contributed by atoms with Crippen molar-refractivity contribution in [2.75, 3.05) is 18.5 Å². The number of carbonyl (C=O) groups excluding carboxylic acids is 3. The fourth-order valence-corrected chi connectivity index (χ4v) is 4.03. The highest BCUT2D eigenvalue weighted by molar-refractivity contribution is 7.18. The number of halogens is 4. The molecule has 2 rings (SSSR count). The number of hydrogen-bond donors (Lipinski definition) is 1. The lowest BCUT2D eigenvalue weighted by atomic mass is 10.1. The number of nitrogens with one attached hydrogen (secondary N) is 1. The lowest BCUT2D eigenvalue weighted by Gasteiger charge is -2.08. The van der Waals surface area contributed by atoms with E-state index >= 15 is 0 Å². The third-order valence-electron chi connectivity index (χ3n) is 3.95. The minimum absolute atomic E-state index is 0.0488. The van der Waals surface area contributed by atoms with E-state index in [-0.39, 0.29) is 34.2 Å². The van der Waals surface area contributed by atoms with Crippen molar-refractivity contribution >= 4 is 45.8 Å². The molecule has 8 nitrogen and oxygen atoms in total. The number of carbonyl (C=O) groups is 3. The van der Waals surface area contributed by atoms with Crippen LogP contribution in [0.3, 0.4) is 0 Å². The summed E-state index contributed by atoms with van der Waals surface area (Å²) < 4.78 is 49.9. The van der Waals surface area contributed by atoms with Crippen molar-refractivity contribution in [1.29, 1.82) is 0 Å². The summed E-state index contributed by atoms with van der Waals surface area (Å²) in [6, 6.07) is 0. The zero-order chi connectivity index (χ0) is 23.5. The van der Waals surface area contributed by atoms with Crippen molar-refractivity contribution in [3.8, 4) is 0 Å². The molecule has 0 bridgehead atoms. The Balaban J connectivity index is 2.49. The fraction of sp³-hybridized carbons (Fsp3) is 0.444. The van der Waals surface area contributed by atoms with Crippen LogP contribution < -0.4 is 5.32 Å². The number of ether oxygens (including phenoxy) is 2. The molecule has 0 radical (unpaired) electrons. The van der Waals surface area contributed by atoms with Gasteiger partial charge in [-0.05, 0) is 25.8 Å². The maximum atomic E-state index is 13.0. The molecule has 0 spiro atoms. The maximum Gasteiger partial charge on any atom is 0.436 e. The van der Waals surface area contributed by atoms with Gasteiger partial charge in [0.2, 0.25) is 0 Å². The molecule has 0 fully saturated rings. The number of nitrogens with zero attached hydrogens (tertiary/aromatic N) is 2. The molecule has 2 heterocycles. The predicted octanol–water partition coefficient (Wildman–Crippen LogP) is 4.46. The van der Waals surface area contributed by atoms with Crippen LogP contribution in [0.4, 0.5) is 18.2 Å². The standard InChI is InChI=1S/C18H19ClF3N3O5S/c1-5-7-30-16(27)9-8(3)12(17(28)29-6-2)31-15(9)23-14(26)11-10(19)13(18(20,21)22)24-25(11)4/h5-7H2,1-4H3,(H,23,26). The van der Waals surface area contributed by atoms with Gasteiger partial charge in [-0.3, -0.25) is 9.48 Å². The van der Waals surface area contributed by atoms with Crippen molar-refractivity contribution in [3.63, 3.8) is 0 Å². The monoisotopic (exact) mass is 481 g/mol. The Morgan fingerprint density at radius 2 is 1.84 bits per heavy atom. The molecule has 1 N–H and O–H groups in total. The third-order valence-corrected chi connectivity index (χ3v) is 5.49. The van der Waals surface area contributed by atoms with Gasteiger partial charge in [0.15, 0.2) is 5.69 Å². The predicted molar refractivity (Wildman–Crippen MR) is 107 cm³/mol. The van der Waals surface area contributed by atoms with Gasteiger partial charge >= 0.3 is 18.1 Å². The lowest BCUT2D eigenvalue weighted by molar-refractivity contribution is -0.141. The van der Waals surface area contributed by atoms with Crippen molar-refractivity contribution in [1.82, 2.24) is 9.78 Å². The van der Waals surface area contributed by atoms with Gasteiger partial charge in [0.05, 0.1) is 18.8 Å². The highest BCUT2D eigenvalue weighted by Gasteiger charge is 2.40. The summed E-state index contributed by atoms with van der Waals surface area (Å²) in [5.41, 5.74) is -1.86. The van der Waals surface area contributed by atoms with Crippen LogP contribution in [-0.2, 0) is 22.7 Å². The van der Waals surface area contributed by atoms with Crippen molar-refractivity contribution in [2.45, 2.75) is 33.4 Å². The number of thiophene rings is 1. The summed E-state index contributed by atoms with van der Waals surface area (Å²) >= 11 is 6.49. The highest BCUT2D eigenvalue weighted by Crippen LogP contribution is 2.37. The quantitative estimate of drug-likeness (QED) is 0.586. The Labute approximate surface area is 184 Å². The van der Waals surface area contributed by atoms with Crippen LogP contribution in [0.5, 0.6) is 0 Å². The Hall–Kier alpha value is -2.60. The van der Waals surface area contributed by atoms with Gasteiger partial charge in [-0.25, -0.2) is 9.59 Å². The summed E-state index contributed by atoms with van der Waals surface area (Å²) in [4.78, 5) is 37.5. The normalized spacial score (nSPS) is 11.4. The molecule has 170 valence electrons. The smallest absolute Gasteiger partial charge is 0.436 e. The number of aryl methyl sites for hydroxylation is 1. The molecule has 2 aromatic heterocycles. The van der Waals surface area contributed by atoms with Crippen molar-refractivity contribution < 1.29 is 37.0 Å². The van der Waals surface area contributed by atoms with Crippen LogP contribution in [0.1, 0.15) is 62.0 Å². The highest BCUT2D eigenvalue weighted by atomic mass is 35.5. The van der Waals surface area contributed by atoms with Gasteiger partial charge in [0.25, 0.3) is 5.91 Å². The molecule has 0 aliphatic heterocycles. The van der Waals surface area contributed by atoms with Crippen LogP contribution in [0, 0.1) is 6.92 Å². The van der Waals surface area contributed by atoms with Crippen LogP contribution in [-0.4, -0.2) is 40.8 Å². The van der Waals surface area contributed by atoms with Crippen LogP contribution in [0.25, 0.3) is 0 Å². The molecule has 0 atom stereocenters. The third kappa shape index (κ3) is 5.18. The van der Waals surface area contributed by atoms with Gasteiger partial charge in [-0.15, -0.1) is 11.3 Å². The molecule has 0 aliphatic carbocycles. The number of anilines is 1. The first-order chi connectivity index (χ1) is 14.4. The van der Waals surface area contributed by atoms with Crippen LogP contribution in [0.15, 0.2) is 0 Å². The van der Waals surface area contributed by atoms with E-state index < -0.39 is 40.4 Å². The SMILES string of the molecule is CCCOC(=O)c1c(NC(=O)c2c(Cl)c(C(F)(F)F)nn2C)sc(C(=O)OCC)c1C. The number of alkyl halides is 3. The first kappa shape index (κ1) is 24.7. The van der Waals surface area contributed by atoms with Gasteiger partial charge in [-0.2, -0.15) is 18.3 Å². The second-order valence-corrected chi connectivity index (χ2v) is 7.60. The average molecular weight is 482 g/mol. The molecule has 2 aromatic rings. The zero-order valence-electron chi connectivity index (χ0n) is 17.0. The van der Waals surface area contributed by atoms with E-state index in [1.54, 1.807) is 13.8 Å². The minimum Gasteiger partial charge on any atom is -0.462 e. The number of rotatable bonds is 7. The largest absolute Gasteiger partial charge is 0.462 e. The fourth-order valence-electron chi connectivity index (χ4n) is 2.59. The molecule has 0 aromatic carbocycles. The molecule has 0 saturated carbocycles. The topological polar surface area (TPSA) is 99.5 Å². The summed E-state index contributed by atoms with van der Waals surface area (Å²) in [7, 11) is 1.12. The van der Waals surface area contributed by atoms with E-state index in [0.29, 0.717) is 11.1 Å². The van der Waals surface area contributed by atoms with E-state index in [0.717, 1.165) is 18.4 Å². The molecular weight excluding hydrogens is 463 g/mol. The van der Waals surface area contributed by atoms with E-state index in [2.05, 4.69) is 10.4 Å². The summed E-state index contributed by atoms with van der Waals surface area (Å²) in [5, 5.41) is 4.63. The molecule has 0 unspecified atom stereocenters. The van der Waals surface area contributed by atoms with Crippen molar-refractivity contribution in [2.24, 2.45) is 7.05 Å². The zero-order valence-corrected chi connectivity index (χ0v) is 18.5. The molecule has 31 heavy (non-hydrogen) atoms. The number of aromatic nitrogens is 2. The first-order valence-electron chi connectivity index (χ1n) is 9.02. The van der Waals surface area contributed by atoms with E-state index in [1.165, 1.54) is 6.92 Å². The van der Waals surface area contributed by atoms with Crippen LogP contribution >= 0.6 is 22.9 Å². The number of amides is 1. The number of esters is 2. The Morgan fingerprint density at radius 1 is 1.19 bits per heavy atom. The second kappa shape index (κ2) is 9.69.